The molecule has 0 aliphatic heterocycles. The van der Waals surface area contributed by atoms with E-state index in [1.54, 1.807) is 17.5 Å². The molecule has 1 atom stereocenters. The number of amides is 1. The van der Waals surface area contributed by atoms with Gasteiger partial charge in [0.05, 0.1) is 25.3 Å². The van der Waals surface area contributed by atoms with E-state index in [1.807, 2.05) is 29.1 Å². The predicted molar refractivity (Wildman–Crippen MR) is 116 cm³/mol. The number of carbonyl (C=O) groups excluding carboxylic acids is 1. The quantitative estimate of drug-likeness (QED) is 0.607. The molecule has 1 aliphatic carbocycles. The van der Waals surface area contributed by atoms with Crippen LogP contribution in [0.3, 0.4) is 0 Å². The summed E-state index contributed by atoms with van der Waals surface area (Å²) < 4.78 is 28.4. The average Bonchev–Trinajstić information content (AvgIpc) is 3.40. The summed E-state index contributed by atoms with van der Waals surface area (Å²) in [6, 6.07) is 13.2. The van der Waals surface area contributed by atoms with Crippen LogP contribution in [0.5, 0.6) is 0 Å². The van der Waals surface area contributed by atoms with Gasteiger partial charge in [-0.3, -0.25) is 9.48 Å². The minimum Gasteiger partial charge on any atom is -0.348 e. The van der Waals surface area contributed by atoms with Gasteiger partial charge in [-0.2, -0.15) is 9.40 Å². The second-order valence-electron chi connectivity index (χ2n) is 7.40. The highest BCUT2D eigenvalue weighted by molar-refractivity contribution is 7.91. The van der Waals surface area contributed by atoms with E-state index in [0.717, 1.165) is 46.2 Å². The van der Waals surface area contributed by atoms with Crippen molar-refractivity contribution in [2.45, 2.75) is 36.1 Å². The number of nitrogens with one attached hydrogen (secondary N) is 1. The van der Waals surface area contributed by atoms with Crippen LogP contribution >= 0.6 is 11.3 Å². The van der Waals surface area contributed by atoms with Gasteiger partial charge in [0.25, 0.3) is 10.0 Å². The highest BCUT2D eigenvalue weighted by Gasteiger charge is 2.28. The van der Waals surface area contributed by atoms with Crippen LogP contribution in [0.25, 0.3) is 0 Å². The number of likely N-dealkylation sites (N-methyl/N-ethyl adjacent to an activating group) is 1. The Labute approximate surface area is 180 Å². The lowest BCUT2D eigenvalue weighted by Gasteiger charge is -2.25. The first-order valence-electron chi connectivity index (χ1n) is 9.83. The van der Waals surface area contributed by atoms with Crippen LogP contribution < -0.4 is 5.32 Å². The van der Waals surface area contributed by atoms with Gasteiger partial charge < -0.3 is 5.32 Å². The summed E-state index contributed by atoms with van der Waals surface area (Å²) in [6.07, 6.45) is 4.51. The summed E-state index contributed by atoms with van der Waals surface area (Å²) in [5.74, 6) is -0.314. The van der Waals surface area contributed by atoms with Crippen molar-refractivity contribution in [3.8, 4) is 0 Å². The molecular formula is C21H24N4O3S2. The van der Waals surface area contributed by atoms with E-state index in [2.05, 4.69) is 22.5 Å². The van der Waals surface area contributed by atoms with E-state index in [-0.39, 0.29) is 22.7 Å². The fraction of sp³-hybridized carbons (Fsp3) is 0.333. The lowest BCUT2D eigenvalue weighted by molar-refractivity contribution is -0.122. The summed E-state index contributed by atoms with van der Waals surface area (Å²) in [6.45, 7) is 0.475. The third kappa shape index (κ3) is 4.33. The summed E-state index contributed by atoms with van der Waals surface area (Å²) >= 11 is 1.14. The Kier molecular flexibility index (Phi) is 6.03. The monoisotopic (exact) mass is 444 g/mol. The number of benzene rings is 1. The number of nitrogens with zero attached hydrogens (tertiary/aromatic N) is 3. The first-order valence-corrected chi connectivity index (χ1v) is 12.1. The third-order valence-corrected chi connectivity index (χ3v) is 8.48. The number of hydrogen-bond acceptors (Lipinski definition) is 5. The number of aromatic nitrogens is 2. The Balaban J connectivity index is 1.43. The lowest BCUT2D eigenvalue weighted by Crippen LogP contribution is -2.40. The normalized spacial score (nSPS) is 16.4. The third-order valence-electron chi connectivity index (χ3n) is 5.30. The maximum Gasteiger partial charge on any atom is 0.252 e. The number of fused-ring (bicyclic) bond motifs is 1. The number of rotatable bonds is 7. The van der Waals surface area contributed by atoms with E-state index >= 15 is 0 Å². The standard InChI is InChI=1S/C21H24N4O3S2/c1-24(30(27,28)21-11-6-12-29-21)15-20(26)23-18-9-5-10-19-17(18)13-22-25(19)14-16-7-3-2-4-8-16/h2-4,6-8,11-13,18H,5,9-10,14-15H2,1H3,(H,23,26). The molecule has 1 unspecified atom stereocenters. The second kappa shape index (κ2) is 8.71. The highest BCUT2D eigenvalue weighted by Crippen LogP contribution is 2.30. The molecule has 30 heavy (non-hydrogen) atoms. The maximum absolute atomic E-state index is 12.6. The van der Waals surface area contributed by atoms with Crippen molar-refractivity contribution in [3.63, 3.8) is 0 Å². The first-order chi connectivity index (χ1) is 14.4. The molecule has 7 nitrogen and oxygen atoms in total. The molecule has 158 valence electrons. The summed E-state index contributed by atoms with van der Waals surface area (Å²) in [5, 5.41) is 9.26. The molecule has 0 radical (unpaired) electrons. The number of hydrogen-bond donors (Lipinski definition) is 1. The van der Waals surface area contributed by atoms with Gasteiger partial charge in [-0.05, 0) is 36.3 Å². The molecule has 0 spiro atoms. The number of carbonyl (C=O) groups is 1. The molecule has 9 heteroatoms. The lowest BCUT2D eigenvalue weighted by atomic mass is 9.93. The van der Waals surface area contributed by atoms with Crippen LogP contribution in [-0.4, -0.2) is 42.0 Å². The molecular weight excluding hydrogens is 420 g/mol. The summed E-state index contributed by atoms with van der Waals surface area (Å²) in [5.41, 5.74) is 3.33. The molecule has 1 aromatic carbocycles. The molecule has 0 fully saturated rings. The van der Waals surface area contributed by atoms with Gasteiger partial charge in [-0.15, -0.1) is 11.3 Å². The first kappa shape index (κ1) is 20.8. The van der Waals surface area contributed by atoms with Crippen molar-refractivity contribution in [3.05, 3.63) is 70.9 Å². The summed E-state index contributed by atoms with van der Waals surface area (Å²) in [4.78, 5) is 12.6. The Morgan fingerprint density at radius 2 is 2.07 bits per heavy atom. The Bertz CT molecular complexity index is 1110. The molecule has 1 amide bonds. The van der Waals surface area contributed by atoms with Crippen molar-refractivity contribution >= 4 is 27.3 Å². The van der Waals surface area contributed by atoms with Gasteiger partial charge in [-0.1, -0.05) is 36.4 Å². The fourth-order valence-electron chi connectivity index (χ4n) is 3.75. The smallest absolute Gasteiger partial charge is 0.252 e. The van der Waals surface area contributed by atoms with Crippen molar-refractivity contribution < 1.29 is 13.2 Å². The molecule has 2 aromatic heterocycles. The van der Waals surface area contributed by atoms with Crippen molar-refractivity contribution in [1.29, 1.82) is 0 Å². The Morgan fingerprint density at radius 1 is 1.27 bits per heavy atom. The molecule has 1 N–H and O–H groups in total. The van der Waals surface area contributed by atoms with Gasteiger partial charge in [-0.25, -0.2) is 8.42 Å². The van der Waals surface area contributed by atoms with Gasteiger partial charge in [0.15, 0.2) is 0 Å². The van der Waals surface area contributed by atoms with Crippen LogP contribution in [0.2, 0.25) is 0 Å². The van der Waals surface area contributed by atoms with Crippen LogP contribution in [0.15, 0.2) is 58.3 Å². The maximum atomic E-state index is 12.6. The Morgan fingerprint density at radius 3 is 2.80 bits per heavy atom. The number of thiophene rings is 1. The zero-order chi connectivity index (χ0) is 21.1. The van der Waals surface area contributed by atoms with Gasteiger partial charge in [0.1, 0.15) is 4.21 Å². The molecule has 0 saturated carbocycles. The second-order valence-corrected chi connectivity index (χ2v) is 10.6. The molecule has 0 saturated heterocycles. The Hall–Kier alpha value is -2.49. The van der Waals surface area contributed by atoms with Gasteiger partial charge >= 0.3 is 0 Å². The van der Waals surface area contributed by atoms with E-state index in [9.17, 15) is 13.2 Å². The minimum absolute atomic E-state index is 0.149. The van der Waals surface area contributed by atoms with Crippen LogP contribution in [-0.2, 0) is 27.8 Å². The topological polar surface area (TPSA) is 84.3 Å². The largest absolute Gasteiger partial charge is 0.348 e. The SMILES string of the molecule is CN(CC(=O)NC1CCCc2c1cnn2Cc1ccccc1)S(=O)(=O)c1cccs1. The highest BCUT2D eigenvalue weighted by atomic mass is 32.2. The van der Waals surface area contributed by atoms with Crippen LogP contribution in [0.1, 0.15) is 35.7 Å². The van der Waals surface area contributed by atoms with E-state index < -0.39 is 10.0 Å². The van der Waals surface area contributed by atoms with Crippen LogP contribution in [0, 0.1) is 0 Å². The summed E-state index contributed by atoms with van der Waals surface area (Å²) in [7, 11) is -2.22. The van der Waals surface area contributed by atoms with E-state index in [4.69, 9.17) is 0 Å². The van der Waals surface area contributed by atoms with E-state index in [1.165, 1.54) is 12.6 Å². The molecule has 4 rings (SSSR count). The molecule has 2 heterocycles. The van der Waals surface area contributed by atoms with Crippen molar-refractivity contribution in [1.82, 2.24) is 19.4 Å². The molecule has 1 aliphatic rings. The average molecular weight is 445 g/mol. The van der Waals surface area contributed by atoms with Gasteiger partial charge in [0.2, 0.25) is 5.91 Å². The fourth-order valence-corrected chi connectivity index (χ4v) is 6.08. The zero-order valence-electron chi connectivity index (χ0n) is 16.7. The van der Waals surface area contributed by atoms with E-state index in [0.29, 0.717) is 6.54 Å². The van der Waals surface area contributed by atoms with Crippen molar-refractivity contribution in [2.75, 3.05) is 13.6 Å². The predicted octanol–water partition coefficient (Wildman–Crippen LogP) is 2.81. The van der Waals surface area contributed by atoms with Crippen LogP contribution in [0.4, 0.5) is 0 Å². The zero-order valence-corrected chi connectivity index (χ0v) is 18.3. The minimum atomic E-state index is -3.65. The number of sulfonamides is 1. The van der Waals surface area contributed by atoms with Crippen molar-refractivity contribution in [2.24, 2.45) is 0 Å². The molecule has 3 aromatic rings. The molecule has 0 bridgehead atoms. The van der Waals surface area contributed by atoms with Gasteiger partial charge in [0, 0.05) is 18.3 Å².